The zero-order chi connectivity index (χ0) is 18.6. The highest BCUT2D eigenvalue weighted by atomic mass is 35.5. The highest BCUT2D eigenvalue weighted by molar-refractivity contribution is 5.95. The van der Waals surface area contributed by atoms with E-state index in [4.69, 9.17) is 5.73 Å². The summed E-state index contributed by atoms with van der Waals surface area (Å²) in [5.41, 5.74) is 6.50. The van der Waals surface area contributed by atoms with Crippen molar-refractivity contribution < 1.29 is 9.72 Å². The van der Waals surface area contributed by atoms with Gasteiger partial charge < -0.3 is 15.2 Å². The van der Waals surface area contributed by atoms with Gasteiger partial charge in [0, 0.05) is 43.7 Å². The fourth-order valence-electron chi connectivity index (χ4n) is 2.42. The van der Waals surface area contributed by atoms with Crippen molar-refractivity contribution in [1.29, 1.82) is 0 Å². The predicted octanol–water partition coefficient (Wildman–Crippen LogP) is 3.07. The smallest absolute Gasteiger partial charge is 0.294 e. The van der Waals surface area contributed by atoms with Gasteiger partial charge in [0.05, 0.1) is 11.3 Å². The van der Waals surface area contributed by atoms with Crippen molar-refractivity contribution in [3.05, 3.63) is 52.6 Å². The number of hydrogen-bond donors (Lipinski definition) is 1. The first-order chi connectivity index (χ1) is 11.8. The summed E-state index contributed by atoms with van der Waals surface area (Å²) in [4.78, 5) is 28.9. The maximum absolute atomic E-state index is 12.5. The number of aromatic nitrogens is 2. The van der Waals surface area contributed by atoms with Crippen molar-refractivity contribution in [3.63, 3.8) is 0 Å². The summed E-state index contributed by atoms with van der Waals surface area (Å²) in [6.07, 6.45) is 5.30. The minimum absolute atomic E-state index is 0. The molecule has 1 unspecified atom stereocenters. The molecule has 0 fully saturated rings. The molecule has 2 N–H and O–H groups in total. The highest BCUT2D eigenvalue weighted by Crippen LogP contribution is 2.24. The number of imidazole rings is 1. The number of nitro groups is 1. The second-order valence-corrected chi connectivity index (χ2v) is 6.35. The Hall–Kier alpha value is -2.16. The molecule has 1 aromatic carbocycles. The van der Waals surface area contributed by atoms with Gasteiger partial charge in [-0.25, -0.2) is 4.98 Å². The molecule has 0 aliphatic heterocycles. The van der Waals surface area contributed by atoms with E-state index in [1.807, 2.05) is 13.8 Å². The maximum atomic E-state index is 12.5. The Kier molecular flexibility index (Phi) is 9.99. The first-order valence-corrected chi connectivity index (χ1v) is 8.09. The van der Waals surface area contributed by atoms with Crippen LogP contribution in [0, 0.1) is 16.0 Å². The summed E-state index contributed by atoms with van der Waals surface area (Å²) in [7, 11) is 1.67. The van der Waals surface area contributed by atoms with E-state index >= 15 is 0 Å². The monoisotopic (exact) mass is 417 g/mol. The first-order valence-electron chi connectivity index (χ1n) is 8.09. The number of nitro benzene ring substituents is 1. The maximum Gasteiger partial charge on any atom is 0.294 e. The van der Waals surface area contributed by atoms with Gasteiger partial charge in [0.25, 0.3) is 11.6 Å². The fraction of sp³-hybridized carbons (Fsp3) is 0.412. The zero-order valence-electron chi connectivity index (χ0n) is 15.4. The number of halogens is 2. The third kappa shape index (κ3) is 6.20. The van der Waals surface area contributed by atoms with Crippen LogP contribution in [0.25, 0.3) is 5.69 Å². The van der Waals surface area contributed by atoms with Crippen LogP contribution in [0.4, 0.5) is 5.69 Å². The summed E-state index contributed by atoms with van der Waals surface area (Å²) >= 11 is 0. The Morgan fingerprint density at radius 1 is 1.37 bits per heavy atom. The number of nitrogens with two attached hydrogens (primary N) is 1. The molecule has 1 heterocycles. The minimum Gasteiger partial charge on any atom is -0.342 e. The molecule has 0 aliphatic rings. The van der Waals surface area contributed by atoms with Crippen LogP contribution >= 0.6 is 24.8 Å². The molecule has 150 valence electrons. The van der Waals surface area contributed by atoms with Crippen LogP contribution in [-0.2, 0) is 0 Å². The standard InChI is InChI=1S/C17H23N5O3.2ClH/c1-12(2)14(18)6-8-20(3)17(23)13-4-5-15(16(10-13)22(24)25)21-9-7-19-11-21;;/h4-5,7,9-12,14H,6,8,18H2,1-3H3;2*1H. The topological polar surface area (TPSA) is 107 Å². The third-order valence-corrected chi connectivity index (χ3v) is 4.20. The van der Waals surface area contributed by atoms with Crippen molar-refractivity contribution >= 4 is 36.4 Å². The number of benzene rings is 1. The number of carbonyl (C=O) groups is 1. The Morgan fingerprint density at radius 3 is 2.56 bits per heavy atom. The van der Waals surface area contributed by atoms with Crippen LogP contribution in [0.3, 0.4) is 0 Å². The van der Waals surface area contributed by atoms with E-state index < -0.39 is 4.92 Å². The van der Waals surface area contributed by atoms with Crippen molar-refractivity contribution in [1.82, 2.24) is 14.5 Å². The molecule has 0 spiro atoms. The van der Waals surface area contributed by atoms with Gasteiger partial charge in [-0.05, 0) is 24.5 Å². The number of carbonyl (C=O) groups excluding carboxylic acids is 1. The number of hydrogen-bond acceptors (Lipinski definition) is 5. The molecular formula is C17H25Cl2N5O3. The van der Waals surface area contributed by atoms with Gasteiger partial charge in [0.2, 0.25) is 0 Å². The Labute approximate surface area is 170 Å². The molecule has 0 saturated carbocycles. The molecule has 1 amide bonds. The molecule has 2 aromatic rings. The van der Waals surface area contributed by atoms with Crippen LogP contribution in [0.1, 0.15) is 30.6 Å². The Bertz CT molecular complexity index is 753. The first kappa shape index (κ1) is 24.8. The Balaban J connectivity index is 0.00000338. The van der Waals surface area contributed by atoms with Gasteiger partial charge in [-0.2, -0.15) is 0 Å². The van der Waals surface area contributed by atoms with E-state index in [9.17, 15) is 14.9 Å². The van der Waals surface area contributed by atoms with Crippen LogP contribution < -0.4 is 5.73 Å². The molecule has 0 radical (unpaired) electrons. The van der Waals surface area contributed by atoms with Crippen molar-refractivity contribution in [2.45, 2.75) is 26.3 Å². The average Bonchev–Trinajstić information content (AvgIpc) is 3.12. The van der Waals surface area contributed by atoms with E-state index in [0.29, 0.717) is 24.6 Å². The van der Waals surface area contributed by atoms with Crippen molar-refractivity contribution in [3.8, 4) is 5.69 Å². The summed E-state index contributed by atoms with van der Waals surface area (Å²) < 4.78 is 1.54. The van der Waals surface area contributed by atoms with Crippen LogP contribution in [0.5, 0.6) is 0 Å². The molecule has 0 bridgehead atoms. The number of rotatable bonds is 7. The normalized spacial score (nSPS) is 11.3. The molecule has 1 atom stereocenters. The van der Waals surface area contributed by atoms with Gasteiger partial charge in [-0.15, -0.1) is 24.8 Å². The van der Waals surface area contributed by atoms with E-state index in [2.05, 4.69) is 4.98 Å². The summed E-state index contributed by atoms with van der Waals surface area (Å²) in [6.45, 7) is 4.56. The molecule has 10 heteroatoms. The molecule has 8 nitrogen and oxygen atoms in total. The molecule has 27 heavy (non-hydrogen) atoms. The highest BCUT2D eigenvalue weighted by Gasteiger charge is 2.21. The lowest BCUT2D eigenvalue weighted by Gasteiger charge is -2.21. The van der Waals surface area contributed by atoms with Gasteiger partial charge in [-0.1, -0.05) is 13.8 Å². The largest absolute Gasteiger partial charge is 0.342 e. The van der Waals surface area contributed by atoms with Crippen LogP contribution in [-0.4, -0.2) is 44.9 Å². The van der Waals surface area contributed by atoms with Gasteiger partial charge in [-0.3, -0.25) is 14.9 Å². The molecular weight excluding hydrogens is 393 g/mol. The number of amides is 1. The predicted molar refractivity (Wildman–Crippen MR) is 109 cm³/mol. The van der Waals surface area contributed by atoms with Crippen LogP contribution in [0.2, 0.25) is 0 Å². The van der Waals surface area contributed by atoms with Gasteiger partial charge in [0.1, 0.15) is 5.69 Å². The molecule has 0 saturated heterocycles. The summed E-state index contributed by atoms with van der Waals surface area (Å²) in [5, 5.41) is 11.4. The lowest BCUT2D eigenvalue weighted by molar-refractivity contribution is -0.384. The molecule has 1 aromatic heterocycles. The van der Waals surface area contributed by atoms with Crippen molar-refractivity contribution in [2.24, 2.45) is 11.7 Å². The average molecular weight is 418 g/mol. The number of nitrogens with zero attached hydrogens (tertiary/aromatic N) is 4. The fourth-order valence-corrected chi connectivity index (χ4v) is 2.42. The van der Waals surface area contributed by atoms with Crippen molar-refractivity contribution in [2.75, 3.05) is 13.6 Å². The zero-order valence-corrected chi connectivity index (χ0v) is 17.1. The summed E-state index contributed by atoms with van der Waals surface area (Å²) in [5.74, 6) is 0.0651. The Morgan fingerprint density at radius 2 is 2.04 bits per heavy atom. The second kappa shape index (κ2) is 10.9. The quantitative estimate of drug-likeness (QED) is 0.549. The minimum atomic E-state index is -0.499. The molecule has 2 rings (SSSR count). The van der Waals surface area contributed by atoms with E-state index in [-0.39, 0.29) is 48.0 Å². The molecule has 0 aliphatic carbocycles. The van der Waals surface area contributed by atoms with Crippen LogP contribution in [0.15, 0.2) is 36.9 Å². The van der Waals surface area contributed by atoms with E-state index in [1.165, 1.54) is 28.1 Å². The van der Waals surface area contributed by atoms with Gasteiger partial charge >= 0.3 is 0 Å². The lowest BCUT2D eigenvalue weighted by atomic mass is 10.0. The second-order valence-electron chi connectivity index (χ2n) is 6.35. The van der Waals surface area contributed by atoms with Gasteiger partial charge in [0.15, 0.2) is 0 Å². The lowest BCUT2D eigenvalue weighted by Crippen LogP contribution is -2.34. The third-order valence-electron chi connectivity index (χ3n) is 4.20. The SMILES string of the molecule is CC(C)C(N)CCN(C)C(=O)c1ccc(-n2ccnc2)c([N+](=O)[O-])c1.Cl.Cl. The van der Waals surface area contributed by atoms with E-state index in [1.54, 1.807) is 25.4 Å². The van der Waals surface area contributed by atoms with E-state index in [0.717, 1.165) is 0 Å². The summed E-state index contributed by atoms with van der Waals surface area (Å²) in [6, 6.07) is 4.45.